The molecule has 1 aromatic heterocycles. The highest BCUT2D eigenvalue weighted by Crippen LogP contribution is 2.39. The predicted octanol–water partition coefficient (Wildman–Crippen LogP) is 4.42. The fourth-order valence-electron chi connectivity index (χ4n) is 4.48. The first kappa shape index (κ1) is 20.3. The molecule has 2 atom stereocenters. The Morgan fingerprint density at radius 3 is 2.52 bits per heavy atom. The largest absolute Gasteiger partial charge is 0.497 e. The molecule has 1 amide bonds. The molecule has 1 aliphatic carbocycles. The second-order valence-corrected chi connectivity index (χ2v) is 9.05. The van der Waals surface area contributed by atoms with Crippen molar-refractivity contribution in [3.8, 4) is 17.1 Å². The molecule has 2 aromatic rings. The van der Waals surface area contributed by atoms with Crippen LogP contribution in [0.4, 0.5) is 0 Å². The Labute approximate surface area is 177 Å². The first-order valence-corrected chi connectivity index (χ1v) is 11.7. The third-order valence-corrected chi connectivity index (χ3v) is 7.12. The highest BCUT2D eigenvalue weighted by atomic mass is 32.2. The molecule has 0 radical (unpaired) electrons. The molecule has 1 aromatic carbocycles. The summed E-state index contributed by atoms with van der Waals surface area (Å²) in [6.45, 7) is 4.11. The molecule has 6 nitrogen and oxygen atoms in total. The minimum Gasteiger partial charge on any atom is -0.497 e. The van der Waals surface area contributed by atoms with Crippen molar-refractivity contribution in [3.63, 3.8) is 0 Å². The molecular formula is C22H30N4O2S. The van der Waals surface area contributed by atoms with Gasteiger partial charge in [-0.2, -0.15) is 0 Å². The molecule has 0 bridgehead atoms. The van der Waals surface area contributed by atoms with Gasteiger partial charge in [0.05, 0.1) is 12.9 Å². The van der Waals surface area contributed by atoms with Gasteiger partial charge in [0.15, 0.2) is 11.0 Å². The number of amides is 1. The minimum absolute atomic E-state index is 0.213. The summed E-state index contributed by atoms with van der Waals surface area (Å²) in [7, 11) is 1.67. The van der Waals surface area contributed by atoms with Crippen LogP contribution in [0.2, 0.25) is 0 Å². The van der Waals surface area contributed by atoms with E-state index >= 15 is 0 Å². The van der Waals surface area contributed by atoms with Crippen LogP contribution in [-0.4, -0.2) is 51.5 Å². The molecule has 1 saturated carbocycles. The quantitative estimate of drug-likeness (QED) is 0.655. The molecule has 0 spiro atoms. The predicted molar refractivity (Wildman–Crippen MR) is 115 cm³/mol. The maximum absolute atomic E-state index is 12.6. The number of methoxy groups -OCH3 is 1. The van der Waals surface area contributed by atoms with Crippen molar-refractivity contribution in [2.45, 2.75) is 56.6 Å². The normalized spacial score (nSPS) is 22.1. The maximum atomic E-state index is 12.6. The molecule has 0 N–H and O–H groups in total. The zero-order chi connectivity index (χ0) is 20.2. The fraction of sp³-hybridized carbons (Fsp3) is 0.591. The van der Waals surface area contributed by atoms with E-state index in [2.05, 4.69) is 21.7 Å². The first-order chi connectivity index (χ1) is 14.2. The zero-order valence-corrected chi connectivity index (χ0v) is 18.2. The van der Waals surface area contributed by atoms with Gasteiger partial charge in [-0.15, -0.1) is 10.2 Å². The molecule has 2 aliphatic rings. The van der Waals surface area contributed by atoms with Crippen LogP contribution in [-0.2, 0) is 4.79 Å². The van der Waals surface area contributed by atoms with E-state index in [9.17, 15) is 4.79 Å². The SMILES string of the molecule is COc1ccc(-c2nnc(SCC(=O)N3CCCC3)n2[C@@H]2CCCC[C@@H]2C)cc1. The average molecular weight is 415 g/mol. The van der Waals surface area contributed by atoms with E-state index in [1.54, 1.807) is 7.11 Å². The van der Waals surface area contributed by atoms with Crippen LogP contribution >= 0.6 is 11.8 Å². The Kier molecular flexibility index (Phi) is 6.43. The van der Waals surface area contributed by atoms with Gasteiger partial charge in [0.1, 0.15) is 5.75 Å². The van der Waals surface area contributed by atoms with Gasteiger partial charge in [-0.1, -0.05) is 31.5 Å². The van der Waals surface area contributed by atoms with Gasteiger partial charge in [0.2, 0.25) is 5.91 Å². The third-order valence-electron chi connectivity index (χ3n) is 6.19. The Balaban J connectivity index is 1.61. The Hall–Kier alpha value is -2.02. The van der Waals surface area contributed by atoms with Crippen molar-refractivity contribution in [2.24, 2.45) is 5.92 Å². The number of rotatable bonds is 6. The number of aromatic nitrogens is 3. The lowest BCUT2D eigenvalue weighted by molar-refractivity contribution is -0.127. The Bertz CT molecular complexity index is 830. The molecule has 29 heavy (non-hydrogen) atoms. The lowest BCUT2D eigenvalue weighted by Crippen LogP contribution is -2.29. The van der Waals surface area contributed by atoms with Crippen LogP contribution in [0, 0.1) is 5.92 Å². The zero-order valence-electron chi connectivity index (χ0n) is 17.3. The topological polar surface area (TPSA) is 60.3 Å². The summed E-state index contributed by atoms with van der Waals surface area (Å²) in [6.07, 6.45) is 7.11. The van der Waals surface area contributed by atoms with E-state index in [1.807, 2.05) is 29.2 Å². The van der Waals surface area contributed by atoms with Gasteiger partial charge in [0, 0.05) is 24.7 Å². The van der Waals surface area contributed by atoms with Crippen LogP contribution < -0.4 is 4.74 Å². The second kappa shape index (κ2) is 9.20. The molecule has 7 heteroatoms. The third kappa shape index (κ3) is 4.44. The number of likely N-dealkylation sites (tertiary alicyclic amines) is 1. The number of carbonyl (C=O) groups is 1. The fourth-order valence-corrected chi connectivity index (χ4v) is 5.37. The number of carbonyl (C=O) groups excluding carboxylic acids is 1. The average Bonchev–Trinajstić information content (AvgIpc) is 3.43. The van der Waals surface area contributed by atoms with Gasteiger partial charge in [-0.05, 0) is 55.9 Å². The van der Waals surface area contributed by atoms with Gasteiger partial charge < -0.3 is 9.64 Å². The van der Waals surface area contributed by atoms with Gasteiger partial charge >= 0.3 is 0 Å². The summed E-state index contributed by atoms with van der Waals surface area (Å²) in [5, 5.41) is 9.93. The van der Waals surface area contributed by atoms with Crippen LogP contribution in [0.5, 0.6) is 5.75 Å². The van der Waals surface area contributed by atoms with E-state index in [4.69, 9.17) is 4.74 Å². The molecule has 2 fully saturated rings. The van der Waals surface area contributed by atoms with Crippen molar-refractivity contribution in [1.29, 1.82) is 0 Å². The van der Waals surface area contributed by atoms with Crippen molar-refractivity contribution in [2.75, 3.05) is 26.0 Å². The number of thioether (sulfide) groups is 1. The summed E-state index contributed by atoms with van der Waals surface area (Å²) in [4.78, 5) is 14.5. The molecule has 2 heterocycles. The van der Waals surface area contributed by atoms with E-state index in [0.29, 0.717) is 17.7 Å². The second-order valence-electron chi connectivity index (χ2n) is 8.11. The number of hydrogen-bond acceptors (Lipinski definition) is 5. The summed E-state index contributed by atoms with van der Waals surface area (Å²) in [5.41, 5.74) is 1.04. The highest BCUT2D eigenvalue weighted by molar-refractivity contribution is 7.99. The summed E-state index contributed by atoms with van der Waals surface area (Å²) < 4.78 is 7.60. The lowest BCUT2D eigenvalue weighted by atomic mass is 9.85. The first-order valence-electron chi connectivity index (χ1n) is 10.7. The minimum atomic E-state index is 0.213. The van der Waals surface area contributed by atoms with E-state index in [0.717, 1.165) is 54.6 Å². The Morgan fingerprint density at radius 1 is 1.10 bits per heavy atom. The summed E-state index contributed by atoms with van der Waals surface area (Å²) in [5.74, 6) is 2.94. The lowest BCUT2D eigenvalue weighted by Gasteiger charge is -2.31. The van der Waals surface area contributed by atoms with Crippen molar-refractivity contribution in [3.05, 3.63) is 24.3 Å². The van der Waals surface area contributed by atoms with Crippen LogP contribution in [0.25, 0.3) is 11.4 Å². The molecule has 4 rings (SSSR count). The highest BCUT2D eigenvalue weighted by Gasteiger charge is 2.29. The van der Waals surface area contributed by atoms with E-state index in [1.165, 1.54) is 31.0 Å². The Morgan fingerprint density at radius 2 is 1.83 bits per heavy atom. The van der Waals surface area contributed by atoms with Gasteiger partial charge in [-0.25, -0.2) is 0 Å². The van der Waals surface area contributed by atoms with Crippen LogP contribution in [0.1, 0.15) is 51.5 Å². The van der Waals surface area contributed by atoms with Gasteiger partial charge in [0.25, 0.3) is 0 Å². The van der Waals surface area contributed by atoms with Crippen molar-refractivity contribution < 1.29 is 9.53 Å². The standard InChI is InChI=1S/C22H30N4O2S/c1-16-7-3-4-8-19(16)26-21(17-9-11-18(28-2)12-10-17)23-24-22(26)29-15-20(27)25-13-5-6-14-25/h9-12,16,19H,3-8,13-15H2,1-2H3/t16-,19+/m0/s1. The van der Waals surface area contributed by atoms with E-state index in [-0.39, 0.29) is 5.91 Å². The molecule has 1 saturated heterocycles. The number of ether oxygens (including phenoxy) is 1. The summed E-state index contributed by atoms with van der Waals surface area (Å²) >= 11 is 1.53. The van der Waals surface area contributed by atoms with Crippen molar-refractivity contribution >= 4 is 17.7 Å². The summed E-state index contributed by atoms with van der Waals surface area (Å²) in [6, 6.07) is 8.37. The molecule has 156 valence electrons. The number of nitrogens with zero attached hydrogens (tertiary/aromatic N) is 4. The van der Waals surface area contributed by atoms with Crippen LogP contribution in [0.15, 0.2) is 29.4 Å². The number of benzene rings is 1. The van der Waals surface area contributed by atoms with Crippen LogP contribution in [0.3, 0.4) is 0 Å². The molecule has 0 unspecified atom stereocenters. The maximum Gasteiger partial charge on any atom is 0.233 e. The monoisotopic (exact) mass is 414 g/mol. The molecule has 1 aliphatic heterocycles. The van der Waals surface area contributed by atoms with Crippen molar-refractivity contribution in [1.82, 2.24) is 19.7 Å². The van der Waals surface area contributed by atoms with Gasteiger partial charge in [-0.3, -0.25) is 9.36 Å². The number of hydrogen-bond donors (Lipinski definition) is 0. The smallest absolute Gasteiger partial charge is 0.233 e. The molecular weight excluding hydrogens is 384 g/mol. The van der Waals surface area contributed by atoms with E-state index < -0.39 is 0 Å².